The largest absolute Gasteiger partial charge is 0.497 e. The van der Waals surface area contributed by atoms with E-state index in [1.165, 1.54) is 18.9 Å². The van der Waals surface area contributed by atoms with Crippen molar-refractivity contribution >= 4 is 39.1 Å². The standard InChI is InChI=1S/C27H33ClF3N3O5S/c1-18(26(36)32-20-7-5-4-6-8-20)33(16-19-9-12-22(39-2)13-10-19)25(35)17-34(40(3,37)38)21-11-14-24(28)23(15-21)27(29,30)31/h9-15,18,20H,4-8,16-17H2,1-3H3,(H,32,36)/t18-/m0/s1. The Kier molecular flexibility index (Phi) is 10.3. The maximum absolute atomic E-state index is 13.7. The van der Waals surface area contributed by atoms with Crippen LogP contribution in [0.1, 0.15) is 50.2 Å². The molecule has 1 saturated carbocycles. The van der Waals surface area contributed by atoms with Crippen molar-refractivity contribution in [3.63, 3.8) is 0 Å². The number of methoxy groups -OCH3 is 1. The van der Waals surface area contributed by atoms with Crippen LogP contribution in [0.3, 0.4) is 0 Å². The van der Waals surface area contributed by atoms with Crippen LogP contribution in [-0.2, 0) is 32.3 Å². The van der Waals surface area contributed by atoms with E-state index < -0.39 is 51.2 Å². The Hall–Kier alpha value is -2.99. The van der Waals surface area contributed by atoms with Gasteiger partial charge in [0.05, 0.1) is 29.6 Å². The van der Waals surface area contributed by atoms with Gasteiger partial charge >= 0.3 is 6.18 Å². The Morgan fingerprint density at radius 3 is 2.27 bits per heavy atom. The second-order valence-electron chi connectivity index (χ2n) is 9.82. The summed E-state index contributed by atoms with van der Waals surface area (Å²) in [4.78, 5) is 28.1. The van der Waals surface area contributed by atoms with Gasteiger partial charge in [-0.1, -0.05) is 43.0 Å². The van der Waals surface area contributed by atoms with Gasteiger partial charge in [0.25, 0.3) is 0 Å². The summed E-state index contributed by atoms with van der Waals surface area (Å²) >= 11 is 5.71. The molecule has 13 heteroatoms. The SMILES string of the molecule is COc1ccc(CN(C(=O)CN(c2ccc(Cl)c(C(F)(F)F)c2)S(C)(=O)=O)[C@@H](C)C(=O)NC2CCCCC2)cc1. The zero-order valence-electron chi connectivity index (χ0n) is 22.5. The highest BCUT2D eigenvalue weighted by Crippen LogP contribution is 2.37. The van der Waals surface area contributed by atoms with Crippen molar-refractivity contribution in [3.8, 4) is 5.75 Å². The minimum atomic E-state index is -4.84. The molecular weight excluding hydrogens is 571 g/mol. The molecule has 0 aromatic heterocycles. The molecule has 1 atom stereocenters. The fourth-order valence-electron chi connectivity index (χ4n) is 4.58. The van der Waals surface area contributed by atoms with Crippen LogP contribution >= 0.6 is 11.6 Å². The summed E-state index contributed by atoms with van der Waals surface area (Å²) in [6.07, 6.45) is 0.652. The summed E-state index contributed by atoms with van der Waals surface area (Å²) in [5, 5.41) is 2.37. The zero-order valence-corrected chi connectivity index (χ0v) is 24.1. The number of halogens is 4. The lowest BCUT2D eigenvalue weighted by molar-refractivity contribution is -0.139. The fraction of sp³-hybridized carbons (Fsp3) is 0.481. The minimum absolute atomic E-state index is 0.0241. The van der Waals surface area contributed by atoms with E-state index in [9.17, 15) is 31.2 Å². The van der Waals surface area contributed by atoms with E-state index in [4.69, 9.17) is 16.3 Å². The zero-order chi connectivity index (χ0) is 29.7. The molecule has 3 rings (SSSR count). The van der Waals surface area contributed by atoms with Gasteiger partial charge in [-0.15, -0.1) is 0 Å². The average Bonchev–Trinajstić information content (AvgIpc) is 2.90. The summed E-state index contributed by atoms with van der Waals surface area (Å²) in [6, 6.07) is 8.36. The molecule has 2 amide bonds. The van der Waals surface area contributed by atoms with Gasteiger partial charge in [-0.05, 0) is 55.7 Å². The predicted octanol–water partition coefficient (Wildman–Crippen LogP) is 5.00. The van der Waals surface area contributed by atoms with Crippen LogP contribution in [0.2, 0.25) is 5.02 Å². The van der Waals surface area contributed by atoms with Crippen molar-refractivity contribution in [2.75, 3.05) is 24.2 Å². The summed E-state index contributed by atoms with van der Waals surface area (Å²) in [7, 11) is -2.71. The lowest BCUT2D eigenvalue weighted by Gasteiger charge is -2.33. The van der Waals surface area contributed by atoms with Gasteiger partial charge < -0.3 is 15.0 Å². The maximum Gasteiger partial charge on any atom is 0.417 e. The normalized spacial score (nSPS) is 15.3. The van der Waals surface area contributed by atoms with Crippen LogP contribution < -0.4 is 14.4 Å². The molecule has 1 fully saturated rings. The highest BCUT2D eigenvalue weighted by atomic mass is 35.5. The van der Waals surface area contributed by atoms with Crippen molar-refractivity contribution in [2.24, 2.45) is 0 Å². The van der Waals surface area contributed by atoms with Crippen LogP contribution in [0, 0.1) is 0 Å². The number of ether oxygens (including phenoxy) is 1. The van der Waals surface area contributed by atoms with Gasteiger partial charge in [-0.2, -0.15) is 13.2 Å². The molecule has 1 aliphatic carbocycles. The van der Waals surface area contributed by atoms with Crippen molar-refractivity contribution in [1.29, 1.82) is 0 Å². The van der Waals surface area contributed by atoms with Gasteiger partial charge in [-0.3, -0.25) is 13.9 Å². The molecule has 2 aromatic rings. The van der Waals surface area contributed by atoms with Gasteiger partial charge in [0.1, 0.15) is 18.3 Å². The van der Waals surface area contributed by atoms with Crippen molar-refractivity contribution < 1.29 is 35.9 Å². The highest BCUT2D eigenvalue weighted by molar-refractivity contribution is 7.92. The first-order chi connectivity index (χ1) is 18.7. The molecule has 0 unspecified atom stereocenters. The summed E-state index contributed by atoms with van der Waals surface area (Å²) in [5.41, 5.74) is -0.970. The molecule has 0 heterocycles. The Morgan fingerprint density at radius 1 is 1.10 bits per heavy atom. The molecule has 8 nitrogen and oxygen atoms in total. The number of hydrogen-bond donors (Lipinski definition) is 1. The number of alkyl halides is 3. The molecule has 0 spiro atoms. The number of anilines is 1. The molecule has 40 heavy (non-hydrogen) atoms. The van der Waals surface area contributed by atoms with Crippen LogP contribution in [0.4, 0.5) is 18.9 Å². The first kappa shape index (κ1) is 31.5. The van der Waals surface area contributed by atoms with E-state index in [1.54, 1.807) is 24.3 Å². The number of sulfonamides is 1. The van der Waals surface area contributed by atoms with E-state index in [0.717, 1.165) is 50.5 Å². The van der Waals surface area contributed by atoms with E-state index >= 15 is 0 Å². The molecule has 0 saturated heterocycles. The Balaban J connectivity index is 1.93. The Bertz CT molecular complexity index is 1300. The van der Waals surface area contributed by atoms with Gasteiger partial charge in [-0.25, -0.2) is 8.42 Å². The molecular formula is C27H33ClF3N3O5S. The highest BCUT2D eigenvalue weighted by Gasteiger charge is 2.36. The van der Waals surface area contributed by atoms with Gasteiger partial charge in [0.2, 0.25) is 21.8 Å². The Labute approximate surface area is 237 Å². The monoisotopic (exact) mass is 603 g/mol. The molecule has 0 bridgehead atoms. The predicted molar refractivity (Wildman–Crippen MR) is 147 cm³/mol. The summed E-state index contributed by atoms with van der Waals surface area (Å²) in [5.74, 6) is -0.585. The Morgan fingerprint density at radius 2 is 1.73 bits per heavy atom. The minimum Gasteiger partial charge on any atom is -0.497 e. The summed E-state index contributed by atoms with van der Waals surface area (Å²) < 4.78 is 71.5. The second kappa shape index (κ2) is 13.1. The molecule has 220 valence electrons. The van der Waals surface area contributed by atoms with Crippen molar-refractivity contribution in [3.05, 3.63) is 58.6 Å². The van der Waals surface area contributed by atoms with E-state index in [1.807, 2.05) is 0 Å². The first-order valence-corrected chi connectivity index (χ1v) is 15.0. The number of nitrogens with zero attached hydrogens (tertiary/aromatic N) is 2. The van der Waals surface area contributed by atoms with Gasteiger partial charge in [0.15, 0.2) is 0 Å². The number of nitrogens with one attached hydrogen (secondary N) is 1. The van der Waals surface area contributed by atoms with E-state index in [-0.39, 0.29) is 18.3 Å². The van der Waals surface area contributed by atoms with Crippen LogP contribution in [0.5, 0.6) is 5.75 Å². The quantitative estimate of drug-likeness (QED) is 0.412. The third kappa shape index (κ3) is 8.26. The molecule has 1 N–H and O–H groups in total. The molecule has 1 aliphatic rings. The second-order valence-corrected chi connectivity index (χ2v) is 12.1. The van der Waals surface area contributed by atoms with E-state index in [0.29, 0.717) is 21.7 Å². The smallest absolute Gasteiger partial charge is 0.417 e. The molecule has 2 aromatic carbocycles. The number of amides is 2. The number of benzene rings is 2. The van der Waals surface area contributed by atoms with Crippen LogP contribution in [-0.4, -0.2) is 57.1 Å². The van der Waals surface area contributed by atoms with Crippen molar-refractivity contribution in [1.82, 2.24) is 10.2 Å². The van der Waals surface area contributed by atoms with Crippen LogP contribution in [0.25, 0.3) is 0 Å². The topological polar surface area (TPSA) is 96.0 Å². The van der Waals surface area contributed by atoms with Crippen LogP contribution in [0.15, 0.2) is 42.5 Å². The maximum atomic E-state index is 13.7. The lowest BCUT2D eigenvalue weighted by Crippen LogP contribution is -2.53. The average molecular weight is 604 g/mol. The number of carbonyl (C=O) groups excluding carboxylic acids is 2. The third-order valence-corrected chi connectivity index (χ3v) is 8.32. The van der Waals surface area contributed by atoms with Gasteiger partial charge in [0, 0.05) is 12.6 Å². The number of rotatable bonds is 10. The number of carbonyl (C=O) groups is 2. The van der Waals surface area contributed by atoms with Crippen molar-refractivity contribution in [2.45, 2.75) is 63.8 Å². The fourth-order valence-corrected chi connectivity index (χ4v) is 5.64. The van der Waals surface area contributed by atoms with E-state index in [2.05, 4.69) is 5.32 Å². The molecule has 0 radical (unpaired) electrons. The number of hydrogen-bond acceptors (Lipinski definition) is 5. The third-order valence-electron chi connectivity index (χ3n) is 6.85. The lowest BCUT2D eigenvalue weighted by atomic mass is 9.95. The molecule has 0 aliphatic heterocycles. The first-order valence-electron chi connectivity index (χ1n) is 12.8. The summed E-state index contributed by atoms with van der Waals surface area (Å²) in [6.45, 7) is 0.664.